The molecule has 3 rings (SSSR count). The van der Waals surface area contributed by atoms with Crippen LogP contribution in [0.1, 0.15) is 44.7 Å². The molecule has 0 fully saturated rings. The van der Waals surface area contributed by atoms with Gasteiger partial charge in [-0.1, -0.05) is 36.4 Å². The summed E-state index contributed by atoms with van der Waals surface area (Å²) in [6.07, 6.45) is 4.07. The lowest BCUT2D eigenvalue weighted by molar-refractivity contribution is 0.0566. The number of nitrogens with zero attached hydrogens (tertiary/aromatic N) is 1. The molecule has 2 aromatic carbocycles. The molecule has 0 spiro atoms. The van der Waals surface area contributed by atoms with Crippen LogP contribution in [0.25, 0.3) is 0 Å². The van der Waals surface area contributed by atoms with Crippen LogP contribution < -0.4 is 15.0 Å². The van der Waals surface area contributed by atoms with E-state index in [9.17, 15) is 4.79 Å². The van der Waals surface area contributed by atoms with E-state index in [1.807, 2.05) is 32.9 Å². The Morgan fingerprint density at radius 1 is 1.03 bits per heavy atom. The Morgan fingerprint density at radius 3 is 2.59 bits per heavy atom. The number of rotatable bonds is 8. The molecule has 5 nitrogen and oxygen atoms in total. The fourth-order valence-corrected chi connectivity index (χ4v) is 3.31. The van der Waals surface area contributed by atoms with E-state index < -0.39 is 5.60 Å². The number of nitrogens with one attached hydrogen (secondary N) is 1. The van der Waals surface area contributed by atoms with Crippen LogP contribution in [-0.2, 0) is 17.6 Å². The lowest BCUT2D eigenvalue weighted by atomic mass is 10.1. The molecule has 0 aromatic heterocycles. The van der Waals surface area contributed by atoms with Gasteiger partial charge in [0.25, 0.3) is 0 Å². The highest BCUT2D eigenvalue weighted by molar-refractivity contribution is 5.91. The summed E-state index contributed by atoms with van der Waals surface area (Å²) in [4.78, 5) is 13.8. The fourth-order valence-electron chi connectivity index (χ4n) is 3.31. The third kappa shape index (κ3) is 6.50. The molecular weight excluding hydrogens is 364 g/mol. The van der Waals surface area contributed by atoms with Crippen molar-refractivity contribution in [3.63, 3.8) is 0 Å². The average Bonchev–Trinajstić information content (AvgIpc) is 3.10. The van der Waals surface area contributed by atoms with Gasteiger partial charge in [0.15, 0.2) is 6.73 Å². The molecule has 1 amide bonds. The van der Waals surface area contributed by atoms with E-state index in [1.54, 1.807) is 0 Å². The van der Waals surface area contributed by atoms with E-state index in [-0.39, 0.29) is 12.8 Å². The van der Waals surface area contributed by atoms with Gasteiger partial charge in [-0.05, 0) is 82.8 Å². The number of unbranched alkanes of at least 4 members (excludes halogenated alkanes) is 1. The van der Waals surface area contributed by atoms with E-state index in [2.05, 4.69) is 41.7 Å². The summed E-state index contributed by atoms with van der Waals surface area (Å²) in [6.45, 7) is 7.75. The predicted octanol–water partition coefficient (Wildman–Crippen LogP) is 4.93. The molecule has 1 N–H and O–H groups in total. The van der Waals surface area contributed by atoms with Crippen molar-refractivity contribution in [2.75, 3.05) is 24.7 Å². The number of hydrogen-bond donors (Lipinski definition) is 1. The Hall–Kier alpha value is -2.53. The van der Waals surface area contributed by atoms with Crippen LogP contribution in [-0.4, -0.2) is 31.5 Å². The zero-order valence-corrected chi connectivity index (χ0v) is 17.7. The maximum absolute atomic E-state index is 12.3. The highest BCUT2D eigenvalue weighted by Crippen LogP contribution is 2.35. The Bertz CT molecular complexity index is 800. The van der Waals surface area contributed by atoms with Crippen LogP contribution in [0.3, 0.4) is 0 Å². The minimum absolute atomic E-state index is 0.202. The Morgan fingerprint density at radius 2 is 1.83 bits per heavy atom. The first-order valence-corrected chi connectivity index (χ1v) is 10.4. The molecule has 29 heavy (non-hydrogen) atoms. The second kappa shape index (κ2) is 9.79. The first kappa shape index (κ1) is 21.2. The number of benzene rings is 2. The molecule has 1 aliphatic heterocycles. The van der Waals surface area contributed by atoms with Crippen LogP contribution in [0.15, 0.2) is 48.5 Å². The van der Waals surface area contributed by atoms with Gasteiger partial charge in [0.05, 0.1) is 5.69 Å². The molecule has 2 aromatic rings. The molecular formula is C24H32N2O3. The number of amides is 1. The summed E-state index contributed by atoms with van der Waals surface area (Å²) in [6, 6.07) is 16.7. The molecule has 5 heteroatoms. The molecule has 0 saturated carbocycles. The van der Waals surface area contributed by atoms with Crippen molar-refractivity contribution in [1.82, 2.24) is 5.32 Å². The topological polar surface area (TPSA) is 50.8 Å². The van der Waals surface area contributed by atoms with Gasteiger partial charge in [0.1, 0.15) is 11.4 Å². The fraction of sp³-hybridized carbons (Fsp3) is 0.458. The molecule has 156 valence electrons. The van der Waals surface area contributed by atoms with E-state index in [4.69, 9.17) is 9.47 Å². The average molecular weight is 397 g/mol. The van der Waals surface area contributed by atoms with Crippen LogP contribution in [0.4, 0.5) is 10.5 Å². The van der Waals surface area contributed by atoms with Crippen molar-refractivity contribution < 1.29 is 14.3 Å². The first-order chi connectivity index (χ1) is 13.9. The first-order valence-electron chi connectivity index (χ1n) is 10.4. The standard InChI is InChI=1S/C24H32N2O3/c1-24(2,3)29-23(27)26-18-28-22-17-20(12-13-21(22)26)14-16-25-15-8-7-11-19-9-5-4-6-10-19/h4-6,9-10,12-13,17,25H,7-8,11,14-16,18H2,1-3H3. The number of anilines is 1. The zero-order valence-electron chi connectivity index (χ0n) is 17.7. The maximum Gasteiger partial charge on any atom is 0.417 e. The predicted molar refractivity (Wildman–Crippen MR) is 117 cm³/mol. The van der Waals surface area contributed by atoms with Gasteiger partial charge in [-0.3, -0.25) is 0 Å². The smallest absolute Gasteiger partial charge is 0.417 e. The van der Waals surface area contributed by atoms with Crippen molar-refractivity contribution in [2.24, 2.45) is 0 Å². The Kier molecular flexibility index (Phi) is 7.15. The number of hydrogen-bond acceptors (Lipinski definition) is 4. The summed E-state index contributed by atoms with van der Waals surface area (Å²) in [7, 11) is 0. The van der Waals surface area contributed by atoms with Crippen molar-refractivity contribution in [3.05, 3.63) is 59.7 Å². The van der Waals surface area contributed by atoms with Crippen LogP contribution >= 0.6 is 0 Å². The van der Waals surface area contributed by atoms with Gasteiger partial charge in [0, 0.05) is 0 Å². The second-order valence-corrected chi connectivity index (χ2v) is 8.43. The Labute approximate surface area is 174 Å². The number of carbonyl (C=O) groups excluding carboxylic acids is 1. The number of ether oxygens (including phenoxy) is 2. The monoisotopic (exact) mass is 396 g/mol. The van der Waals surface area contributed by atoms with Crippen molar-refractivity contribution in [2.45, 2.75) is 52.1 Å². The summed E-state index contributed by atoms with van der Waals surface area (Å²) in [5, 5.41) is 3.52. The van der Waals surface area contributed by atoms with Crippen LogP contribution in [0, 0.1) is 0 Å². The van der Waals surface area contributed by atoms with E-state index in [0.717, 1.165) is 37.4 Å². The normalized spacial score (nSPS) is 13.1. The van der Waals surface area contributed by atoms with Gasteiger partial charge in [-0.25, -0.2) is 9.69 Å². The van der Waals surface area contributed by atoms with E-state index in [0.29, 0.717) is 0 Å². The van der Waals surface area contributed by atoms with Crippen molar-refractivity contribution >= 4 is 11.8 Å². The minimum Gasteiger partial charge on any atom is -0.470 e. The highest BCUT2D eigenvalue weighted by atomic mass is 16.6. The molecule has 0 bridgehead atoms. The molecule has 1 aliphatic rings. The SMILES string of the molecule is CC(C)(C)OC(=O)N1COc2cc(CCNCCCCc3ccccc3)ccc21. The minimum atomic E-state index is -0.521. The quantitative estimate of drug-likeness (QED) is 0.643. The Balaban J connectivity index is 1.38. The van der Waals surface area contributed by atoms with Gasteiger partial charge < -0.3 is 14.8 Å². The van der Waals surface area contributed by atoms with Gasteiger partial charge in [0.2, 0.25) is 0 Å². The molecule has 0 unspecified atom stereocenters. The van der Waals surface area contributed by atoms with Crippen LogP contribution in [0.5, 0.6) is 5.75 Å². The lowest BCUT2D eigenvalue weighted by Crippen LogP contribution is -2.36. The van der Waals surface area contributed by atoms with E-state index >= 15 is 0 Å². The third-order valence-corrected chi connectivity index (χ3v) is 4.78. The zero-order chi connectivity index (χ0) is 20.7. The van der Waals surface area contributed by atoms with E-state index in [1.165, 1.54) is 28.9 Å². The molecule has 0 saturated heterocycles. The largest absolute Gasteiger partial charge is 0.470 e. The summed E-state index contributed by atoms with van der Waals surface area (Å²) < 4.78 is 11.1. The third-order valence-electron chi connectivity index (χ3n) is 4.78. The second-order valence-electron chi connectivity index (χ2n) is 8.43. The van der Waals surface area contributed by atoms with Crippen LogP contribution in [0.2, 0.25) is 0 Å². The number of aryl methyl sites for hydroxylation is 1. The van der Waals surface area contributed by atoms with Gasteiger partial charge in [-0.2, -0.15) is 0 Å². The number of fused-ring (bicyclic) bond motifs is 1. The lowest BCUT2D eigenvalue weighted by Gasteiger charge is -2.23. The summed E-state index contributed by atoms with van der Waals surface area (Å²) in [5.74, 6) is 0.747. The summed E-state index contributed by atoms with van der Waals surface area (Å²) >= 11 is 0. The molecule has 0 aliphatic carbocycles. The highest BCUT2D eigenvalue weighted by Gasteiger charge is 2.30. The molecule has 0 atom stereocenters. The molecule has 0 radical (unpaired) electrons. The van der Waals surface area contributed by atoms with Crippen molar-refractivity contribution in [3.8, 4) is 5.75 Å². The van der Waals surface area contributed by atoms with Gasteiger partial charge in [-0.15, -0.1) is 0 Å². The summed E-state index contributed by atoms with van der Waals surface area (Å²) in [5.41, 5.74) is 2.86. The van der Waals surface area contributed by atoms with Gasteiger partial charge >= 0.3 is 6.09 Å². The van der Waals surface area contributed by atoms with Crippen molar-refractivity contribution in [1.29, 1.82) is 0 Å². The molecule has 1 heterocycles. The number of carbonyl (C=O) groups is 1. The maximum atomic E-state index is 12.3.